The lowest BCUT2D eigenvalue weighted by atomic mass is 10.1. The number of nitrogens with zero attached hydrogens (tertiary/aromatic N) is 1. The maximum Gasteiger partial charge on any atom is 0.573 e. The van der Waals surface area contributed by atoms with Crippen LogP contribution in [0.1, 0.15) is 6.92 Å². The van der Waals surface area contributed by atoms with Crippen LogP contribution in [-0.4, -0.2) is 22.2 Å². The van der Waals surface area contributed by atoms with Crippen LogP contribution in [0, 0.1) is 0 Å². The van der Waals surface area contributed by atoms with Crippen molar-refractivity contribution in [2.24, 2.45) is 0 Å². The van der Waals surface area contributed by atoms with E-state index in [9.17, 15) is 18.0 Å². The number of carbonyl (C=O) groups is 1. The lowest BCUT2D eigenvalue weighted by molar-refractivity contribution is -0.274. The Kier molecular flexibility index (Phi) is 3.64. The van der Waals surface area contributed by atoms with Gasteiger partial charge in [0.2, 0.25) is 11.9 Å². The normalized spacial score (nSPS) is 11.2. The summed E-state index contributed by atoms with van der Waals surface area (Å²) in [5.74, 6) is -0.422. The number of ether oxygens (including phenoxy) is 1. The maximum absolute atomic E-state index is 12.1. The minimum atomic E-state index is -4.74. The van der Waals surface area contributed by atoms with Gasteiger partial charge in [-0.1, -0.05) is 12.1 Å². The van der Waals surface area contributed by atoms with Gasteiger partial charge in [-0.15, -0.1) is 13.2 Å². The monoisotopic (exact) mass is 285 g/mol. The van der Waals surface area contributed by atoms with Crippen LogP contribution in [0.2, 0.25) is 0 Å². The first-order valence-electron chi connectivity index (χ1n) is 5.53. The number of hydrogen-bond donors (Lipinski definition) is 2. The first-order chi connectivity index (χ1) is 9.33. The number of rotatable bonds is 3. The second-order valence-electron chi connectivity index (χ2n) is 3.89. The molecule has 0 aliphatic heterocycles. The van der Waals surface area contributed by atoms with E-state index in [0.29, 0.717) is 11.3 Å². The number of amides is 1. The van der Waals surface area contributed by atoms with E-state index in [1.807, 2.05) is 0 Å². The standard InChI is InChI=1S/C12H10F3N3O2/c1-7(19)17-11-16-6-10(18-11)8-3-2-4-9(5-8)20-12(13,14)15/h2-6H,1H3,(H2,16,17,18,19). The van der Waals surface area contributed by atoms with Crippen molar-refractivity contribution >= 4 is 11.9 Å². The first kappa shape index (κ1) is 13.9. The Bertz CT molecular complexity index is 622. The van der Waals surface area contributed by atoms with Crippen molar-refractivity contribution in [2.75, 3.05) is 5.32 Å². The van der Waals surface area contributed by atoms with E-state index in [0.717, 1.165) is 0 Å². The molecule has 0 bridgehead atoms. The van der Waals surface area contributed by atoms with Crippen LogP contribution in [0.4, 0.5) is 19.1 Å². The number of aromatic nitrogens is 2. The number of halogens is 3. The summed E-state index contributed by atoms with van der Waals surface area (Å²) in [6.07, 6.45) is -3.27. The molecule has 1 amide bonds. The van der Waals surface area contributed by atoms with Gasteiger partial charge in [-0.2, -0.15) is 0 Å². The average Bonchev–Trinajstić information content (AvgIpc) is 2.74. The number of imidazole rings is 1. The first-order valence-corrected chi connectivity index (χ1v) is 5.53. The Morgan fingerprint density at radius 1 is 1.40 bits per heavy atom. The summed E-state index contributed by atoms with van der Waals surface area (Å²) >= 11 is 0. The second kappa shape index (κ2) is 5.24. The minimum Gasteiger partial charge on any atom is -0.406 e. The van der Waals surface area contributed by atoms with Crippen LogP contribution >= 0.6 is 0 Å². The van der Waals surface area contributed by atoms with E-state index in [1.165, 1.54) is 31.3 Å². The van der Waals surface area contributed by atoms with E-state index in [2.05, 4.69) is 20.0 Å². The highest BCUT2D eigenvalue weighted by Crippen LogP contribution is 2.27. The molecule has 2 rings (SSSR count). The zero-order valence-electron chi connectivity index (χ0n) is 10.3. The molecule has 0 aliphatic carbocycles. The van der Waals surface area contributed by atoms with Gasteiger partial charge in [-0.25, -0.2) is 4.98 Å². The van der Waals surface area contributed by atoms with Crippen LogP contribution in [0.25, 0.3) is 11.3 Å². The van der Waals surface area contributed by atoms with Crippen LogP contribution in [0.3, 0.4) is 0 Å². The molecule has 1 aromatic carbocycles. The van der Waals surface area contributed by atoms with Crippen LogP contribution in [0.15, 0.2) is 30.5 Å². The molecule has 0 spiro atoms. The molecule has 0 radical (unpaired) electrons. The summed E-state index contributed by atoms with van der Waals surface area (Å²) in [6.45, 7) is 1.32. The highest BCUT2D eigenvalue weighted by atomic mass is 19.4. The number of carbonyl (C=O) groups excluding carboxylic acids is 1. The third-order valence-corrected chi connectivity index (χ3v) is 2.24. The number of hydrogen-bond acceptors (Lipinski definition) is 3. The van der Waals surface area contributed by atoms with Gasteiger partial charge < -0.3 is 9.72 Å². The van der Waals surface area contributed by atoms with E-state index in [1.54, 1.807) is 6.07 Å². The third kappa shape index (κ3) is 3.74. The zero-order chi connectivity index (χ0) is 14.8. The SMILES string of the molecule is CC(=O)Nc1nc(-c2cccc(OC(F)(F)F)c2)c[nH]1. The van der Waals surface area contributed by atoms with Gasteiger partial charge >= 0.3 is 6.36 Å². The molecule has 0 atom stereocenters. The van der Waals surface area contributed by atoms with Gasteiger partial charge in [0.05, 0.1) is 5.69 Å². The minimum absolute atomic E-state index is 0.217. The molecule has 1 heterocycles. The molecule has 0 unspecified atom stereocenters. The second-order valence-corrected chi connectivity index (χ2v) is 3.89. The largest absolute Gasteiger partial charge is 0.573 e. The molecule has 20 heavy (non-hydrogen) atoms. The Morgan fingerprint density at radius 3 is 2.80 bits per heavy atom. The Morgan fingerprint density at radius 2 is 2.15 bits per heavy atom. The molecule has 2 aromatic rings. The number of nitrogens with one attached hydrogen (secondary N) is 2. The molecule has 2 N–H and O–H groups in total. The molecule has 0 fully saturated rings. The lowest BCUT2D eigenvalue weighted by Crippen LogP contribution is -2.17. The van der Waals surface area contributed by atoms with Gasteiger partial charge in [0, 0.05) is 18.7 Å². The predicted octanol–water partition coefficient (Wildman–Crippen LogP) is 2.93. The molecule has 0 saturated carbocycles. The smallest absolute Gasteiger partial charge is 0.406 e. The van der Waals surface area contributed by atoms with Gasteiger partial charge in [0.15, 0.2) is 0 Å². The summed E-state index contributed by atoms with van der Waals surface area (Å²) < 4.78 is 40.2. The molecule has 1 aromatic heterocycles. The average molecular weight is 285 g/mol. The molecule has 0 aliphatic rings. The summed E-state index contributed by atoms with van der Waals surface area (Å²) in [5, 5.41) is 2.43. The maximum atomic E-state index is 12.1. The fourth-order valence-electron chi connectivity index (χ4n) is 1.55. The van der Waals surface area contributed by atoms with E-state index >= 15 is 0 Å². The predicted molar refractivity (Wildman–Crippen MR) is 65.0 cm³/mol. The topological polar surface area (TPSA) is 67.0 Å². The summed E-state index contributed by atoms with van der Waals surface area (Å²) in [7, 11) is 0. The van der Waals surface area contributed by atoms with Crippen molar-refractivity contribution < 1.29 is 22.7 Å². The van der Waals surface area contributed by atoms with Crippen molar-refractivity contribution in [1.82, 2.24) is 9.97 Å². The molecular weight excluding hydrogens is 275 g/mol. The van der Waals surface area contributed by atoms with Gasteiger partial charge in [0.1, 0.15) is 5.75 Å². The number of aromatic amines is 1. The summed E-state index contributed by atoms with van der Waals surface area (Å²) in [4.78, 5) is 17.6. The van der Waals surface area contributed by atoms with Crippen molar-refractivity contribution in [3.8, 4) is 17.0 Å². The van der Waals surface area contributed by atoms with Crippen LogP contribution < -0.4 is 10.1 Å². The lowest BCUT2D eigenvalue weighted by Gasteiger charge is -2.09. The quantitative estimate of drug-likeness (QED) is 0.911. The van der Waals surface area contributed by atoms with Gasteiger partial charge in [-0.3, -0.25) is 10.1 Å². The number of alkyl halides is 3. The van der Waals surface area contributed by atoms with Gasteiger partial charge in [0.25, 0.3) is 0 Å². The van der Waals surface area contributed by atoms with Crippen molar-refractivity contribution in [3.63, 3.8) is 0 Å². The van der Waals surface area contributed by atoms with Gasteiger partial charge in [-0.05, 0) is 12.1 Å². The molecule has 106 valence electrons. The number of benzene rings is 1. The van der Waals surface area contributed by atoms with Crippen molar-refractivity contribution in [3.05, 3.63) is 30.5 Å². The Hall–Kier alpha value is -2.51. The van der Waals surface area contributed by atoms with E-state index in [4.69, 9.17) is 0 Å². The number of anilines is 1. The van der Waals surface area contributed by atoms with Crippen LogP contribution in [0.5, 0.6) is 5.75 Å². The molecule has 8 heteroatoms. The molecular formula is C12H10F3N3O2. The number of H-pyrrole nitrogens is 1. The molecule has 0 saturated heterocycles. The zero-order valence-corrected chi connectivity index (χ0v) is 10.3. The molecule has 5 nitrogen and oxygen atoms in total. The van der Waals surface area contributed by atoms with Crippen LogP contribution in [-0.2, 0) is 4.79 Å². The third-order valence-electron chi connectivity index (χ3n) is 2.24. The Labute approximate surface area is 111 Å². The summed E-state index contributed by atoms with van der Waals surface area (Å²) in [5.41, 5.74) is 0.820. The highest BCUT2D eigenvalue weighted by Gasteiger charge is 2.31. The van der Waals surface area contributed by atoms with Crippen molar-refractivity contribution in [2.45, 2.75) is 13.3 Å². The van der Waals surface area contributed by atoms with E-state index < -0.39 is 6.36 Å². The fourth-order valence-corrected chi connectivity index (χ4v) is 1.55. The van der Waals surface area contributed by atoms with Crippen molar-refractivity contribution in [1.29, 1.82) is 0 Å². The summed E-state index contributed by atoms with van der Waals surface area (Å²) in [6, 6.07) is 5.40. The Balaban J connectivity index is 2.22. The van der Waals surface area contributed by atoms with E-state index in [-0.39, 0.29) is 17.6 Å². The fraction of sp³-hybridized carbons (Fsp3) is 0.167. The highest BCUT2D eigenvalue weighted by molar-refractivity contribution is 5.87.